The molecule has 9 nitrogen and oxygen atoms in total. The number of hydrogen-bond donors (Lipinski definition) is 3. The summed E-state index contributed by atoms with van der Waals surface area (Å²) >= 11 is 0. The number of hydrogen-bond acceptors (Lipinski definition) is 5. The van der Waals surface area contributed by atoms with Crippen LogP contribution in [0.2, 0.25) is 0 Å². The highest BCUT2D eigenvalue weighted by molar-refractivity contribution is 6.01. The highest BCUT2D eigenvalue weighted by Gasteiger charge is 2.71. The smallest absolute Gasteiger partial charge is 0.293 e. The van der Waals surface area contributed by atoms with Crippen LogP contribution in [0.15, 0.2) is 48.7 Å². The Labute approximate surface area is 267 Å². The standard InChI is InChI=1S/C33H25F6N7O2/c1-13-25-26-29(31(36)37)45-46(30(26)33(38,39)27(13)25)12-24(47)42-22(7-14-5-15(34)8-16(35)6-14)28-19(9-21-23(43-28)11-41-44-21)17-3-2-4-18-20(17)10-40-32(18)48/h2-6,8-9,11,13,22,25,27,31H,7,10,12H2,1H3,(H,40,48)(H,41,44)(H,42,47)/t13-,22+,25?,27?/m1/s1. The minimum Gasteiger partial charge on any atom is -0.348 e. The third kappa shape index (κ3) is 4.65. The van der Waals surface area contributed by atoms with Gasteiger partial charge in [-0.2, -0.15) is 19.0 Å². The number of rotatable bonds is 8. The van der Waals surface area contributed by atoms with Crippen LogP contribution in [-0.2, 0) is 30.2 Å². The number of nitrogens with zero attached hydrogens (tertiary/aromatic N) is 4. The molecule has 2 aromatic carbocycles. The number of aromatic nitrogens is 5. The molecule has 1 saturated carbocycles. The Balaban J connectivity index is 1.22. The Bertz CT molecular complexity index is 2140. The second-order valence-corrected chi connectivity index (χ2v) is 12.5. The second kappa shape index (κ2) is 10.7. The van der Waals surface area contributed by atoms with Crippen molar-refractivity contribution in [2.75, 3.05) is 0 Å². The van der Waals surface area contributed by atoms with E-state index < -0.39 is 71.6 Å². The summed E-state index contributed by atoms with van der Waals surface area (Å²) in [5, 5.41) is 16.2. The van der Waals surface area contributed by atoms with Gasteiger partial charge in [0.05, 0.1) is 23.4 Å². The van der Waals surface area contributed by atoms with E-state index in [2.05, 4.69) is 25.9 Å². The molecule has 4 heterocycles. The summed E-state index contributed by atoms with van der Waals surface area (Å²) < 4.78 is 88.1. The SMILES string of the molecule is C[C@@H]1C2c3c(C(F)F)nn(CC(=O)N[C@@H](Cc4cc(F)cc(F)c4)c4nc5cn[nH]c5cc4-c4cccc5c4CNC5=O)c3C(F)(F)C21. The topological polar surface area (TPSA) is 118 Å². The van der Waals surface area contributed by atoms with Crippen molar-refractivity contribution in [2.24, 2.45) is 11.8 Å². The minimum atomic E-state index is -3.46. The average Bonchev–Trinajstić information content (AvgIpc) is 3.44. The van der Waals surface area contributed by atoms with Gasteiger partial charge in [-0.1, -0.05) is 19.1 Å². The molecule has 5 aromatic rings. The number of fused-ring (bicyclic) bond motifs is 5. The fourth-order valence-electron chi connectivity index (χ4n) is 7.51. The molecule has 246 valence electrons. The first-order valence-corrected chi connectivity index (χ1v) is 15.2. The first-order valence-electron chi connectivity index (χ1n) is 15.2. The lowest BCUT2D eigenvalue weighted by atomic mass is 9.91. The van der Waals surface area contributed by atoms with Crippen LogP contribution in [0, 0.1) is 23.5 Å². The minimum absolute atomic E-state index is 0.147. The van der Waals surface area contributed by atoms with Crippen LogP contribution in [0.5, 0.6) is 0 Å². The van der Waals surface area contributed by atoms with Gasteiger partial charge >= 0.3 is 0 Å². The fourth-order valence-corrected chi connectivity index (χ4v) is 7.51. The number of alkyl halides is 4. The van der Waals surface area contributed by atoms with Crippen LogP contribution in [-0.4, -0.2) is 36.8 Å². The third-order valence-corrected chi connectivity index (χ3v) is 9.58. The lowest BCUT2D eigenvalue weighted by molar-refractivity contribution is -0.123. The summed E-state index contributed by atoms with van der Waals surface area (Å²) in [5.41, 5.74) is 1.77. The molecule has 8 rings (SSSR count). The molecule has 0 bridgehead atoms. The summed E-state index contributed by atoms with van der Waals surface area (Å²) in [4.78, 5) is 30.9. The molecule has 0 spiro atoms. The quantitative estimate of drug-likeness (QED) is 0.180. The van der Waals surface area contributed by atoms with Crippen molar-refractivity contribution in [3.8, 4) is 11.1 Å². The Morgan fingerprint density at radius 2 is 1.83 bits per heavy atom. The summed E-state index contributed by atoms with van der Waals surface area (Å²) in [7, 11) is 0. The zero-order chi connectivity index (χ0) is 33.6. The maximum absolute atomic E-state index is 15.4. The maximum atomic E-state index is 15.4. The van der Waals surface area contributed by atoms with Gasteiger partial charge in [-0.15, -0.1) is 0 Å². The van der Waals surface area contributed by atoms with Crippen molar-refractivity contribution >= 4 is 22.8 Å². The predicted octanol–water partition coefficient (Wildman–Crippen LogP) is 5.84. The van der Waals surface area contributed by atoms with E-state index in [9.17, 15) is 27.2 Å². The number of benzene rings is 2. The van der Waals surface area contributed by atoms with Crippen LogP contribution in [0.25, 0.3) is 22.2 Å². The van der Waals surface area contributed by atoms with Crippen LogP contribution >= 0.6 is 0 Å². The number of H-pyrrole nitrogens is 1. The number of nitrogens with one attached hydrogen (secondary N) is 3. The zero-order valence-electron chi connectivity index (χ0n) is 25.0. The van der Waals surface area contributed by atoms with Crippen molar-refractivity contribution < 1.29 is 35.9 Å². The molecule has 2 aliphatic carbocycles. The fraction of sp³-hybridized carbons (Fsp3) is 0.303. The number of carbonyl (C=O) groups is 2. The Hall–Kier alpha value is -5.21. The van der Waals surface area contributed by atoms with Crippen LogP contribution in [0.4, 0.5) is 26.3 Å². The zero-order valence-corrected chi connectivity index (χ0v) is 25.0. The molecule has 4 atom stereocenters. The van der Waals surface area contributed by atoms with Gasteiger partial charge in [0, 0.05) is 41.1 Å². The summed E-state index contributed by atoms with van der Waals surface area (Å²) in [6, 6.07) is 8.57. The Kier molecular flexibility index (Phi) is 6.69. The van der Waals surface area contributed by atoms with Crippen molar-refractivity contribution in [1.82, 2.24) is 35.6 Å². The average molecular weight is 666 g/mol. The molecule has 1 fully saturated rings. The van der Waals surface area contributed by atoms with Crippen molar-refractivity contribution in [3.63, 3.8) is 0 Å². The van der Waals surface area contributed by atoms with Gasteiger partial charge in [-0.25, -0.2) is 22.5 Å². The van der Waals surface area contributed by atoms with Crippen molar-refractivity contribution in [2.45, 2.75) is 50.7 Å². The van der Waals surface area contributed by atoms with Gasteiger partial charge in [-0.3, -0.25) is 19.4 Å². The molecule has 3 aliphatic rings. The van der Waals surface area contributed by atoms with Crippen LogP contribution < -0.4 is 10.6 Å². The summed E-state index contributed by atoms with van der Waals surface area (Å²) in [6.45, 7) is 0.957. The molecule has 3 N–H and O–H groups in total. The van der Waals surface area contributed by atoms with Gasteiger partial charge in [0.25, 0.3) is 18.3 Å². The van der Waals surface area contributed by atoms with E-state index in [-0.39, 0.29) is 35.7 Å². The van der Waals surface area contributed by atoms with Gasteiger partial charge < -0.3 is 10.6 Å². The lowest BCUT2D eigenvalue weighted by Crippen LogP contribution is -2.35. The number of aromatic amines is 1. The monoisotopic (exact) mass is 665 g/mol. The van der Waals surface area contributed by atoms with Gasteiger partial charge in [0.1, 0.15) is 35.1 Å². The number of pyridine rings is 1. The van der Waals surface area contributed by atoms with E-state index in [0.717, 1.165) is 12.1 Å². The normalized spacial score (nSPS) is 20.8. The van der Waals surface area contributed by atoms with E-state index in [0.29, 0.717) is 44.0 Å². The third-order valence-electron chi connectivity index (χ3n) is 9.58. The second-order valence-electron chi connectivity index (χ2n) is 12.5. The lowest BCUT2D eigenvalue weighted by Gasteiger charge is -2.23. The first-order chi connectivity index (χ1) is 22.9. The maximum Gasteiger partial charge on any atom is 0.293 e. The predicted molar refractivity (Wildman–Crippen MR) is 158 cm³/mol. The van der Waals surface area contributed by atoms with Crippen LogP contribution in [0.1, 0.15) is 69.4 Å². The first kappa shape index (κ1) is 30.1. The molecule has 48 heavy (non-hydrogen) atoms. The highest BCUT2D eigenvalue weighted by atomic mass is 19.3. The molecule has 0 radical (unpaired) electrons. The van der Waals surface area contributed by atoms with E-state index in [4.69, 9.17) is 4.98 Å². The number of halogens is 6. The van der Waals surface area contributed by atoms with E-state index in [1.165, 1.54) is 6.20 Å². The highest BCUT2D eigenvalue weighted by Crippen LogP contribution is 2.71. The summed E-state index contributed by atoms with van der Waals surface area (Å²) in [6.07, 6.45) is -1.88. The molecule has 0 saturated heterocycles. The molecule has 1 aliphatic heterocycles. The molecule has 15 heteroatoms. The molecule has 2 amide bonds. The number of amides is 2. The number of carbonyl (C=O) groups excluding carboxylic acids is 2. The van der Waals surface area contributed by atoms with Crippen LogP contribution in [0.3, 0.4) is 0 Å². The Morgan fingerprint density at radius 3 is 2.58 bits per heavy atom. The molecule has 3 aromatic heterocycles. The van der Waals surface area contributed by atoms with E-state index >= 15 is 8.78 Å². The van der Waals surface area contributed by atoms with Gasteiger partial charge in [-0.05, 0) is 53.3 Å². The largest absolute Gasteiger partial charge is 0.348 e. The Morgan fingerprint density at radius 1 is 1.08 bits per heavy atom. The van der Waals surface area contributed by atoms with E-state index in [1.807, 2.05) is 0 Å². The molecule has 2 unspecified atom stereocenters. The van der Waals surface area contributed by atoms with Crippen molar-refractivity contribution in [1.29, 1.82) is 0 Å². The van der Waals surface area contributed by atoms with Gasteiger partial charge in [0.15, 0.2) is 0 Å². The van der Waals surface area contributed by atoms with Crippen molar-refractivity contribution in [3.05, 3.63) is 99.6 Å². The van der Waals surface area contributed by atoms with E-state index in [1.54, 1.807) is 31.2 Å². The molecular weight excluding hydrogens is 640 g/mol. The van der Waals surface area contributed by atoms with Gasteiger partial charge in [0.2, 0.25) is 5.91 Å². The molecular formula is C33H25F6N7O2. The summed E-state index contributed by atoms with van der Waals surface area (Å²) in [5.74, 6) is -8.74.